The molecule has 3 rings (SSSR count). The zero-order chi connectivity index (χ0) is 10.8. The minimum Gasteiger partial charge on any atom is -0.337 e. The zero-order valence-electron chi connectivity index (χ0n) is 8.54. The third-order valence-corrected chi connectivity index (χ3v) is 2.35. The lowest BCUT2D eigenvalue weighted by Crippen LogP contribution is -1.97. The van der Waals surface area contributed by atoms with Crippen LogP contribution in [0.2, 0.25) is 0 Å². The number of nitrogens with one attached hydrogen (secondary N) is 1. The normalized spacial score (nSPS) is 10.5. The van der Waals surface area contributed by atoms with Crippen molar-refractivity contribution in [1.29, 1.82) is 0 Å². The average molecular weight is 210 g/mol. The number of hydrogen-bond acceptors (Lipinski definition) is 3. The Hall–Kier alpha value is -2.36. The van der Waals surface area contributed by atoms with E-state index in [9.17, 15) is 0 Å². The molecule has 0 fully saturated rings. The van der Waals surface area contributed by atoms with Crippen molar-refractivity contribution in [3.8, 4) is 0 Å². The number of fused-ring (bicyclic) bond motifs is 1. The molecule has 0 saturated carbocycles. The molecule has 0 unspecified atom stereocenters. The second-order valence-electron chi connectivity index (χ2n) is 3.42. The second-order valence-corrected chi connectivity index (χ2v) is 3.42. The molecule has 78 valence electrons. The van der Waals surface area contributed by atoms with E-state index in [1.165, 1.54) is 0 Å². The quantitative estimate of drug-likeness (QED) is 0.706. The maximum absolute atomic E-state index is 4.28. The summed E-state index contributed by atoms with van der Waals surface area (Å²) in [6.07, 6.45) is 7.28. The molecule has 0 saturated heterocycles. The molecule has 1 N–H and O–H groups in total. The van der Waals surface area contributed by atoms with Gasteiger partial charge in [0.25, 0.3) is 0 Å². The number of hydrogen-bond donors (Lipinski definition) is 1. The van der Waals surface area contributed by atoms with Crippen molar-refractivity contribution in [3.63, 3.8) is 0 Å². The van der Waals surface area contributed by atoms with E-state index in [1.54, 1.807) is 12.4 Å². The summed E-state index contributed by atoms with van der Waals surface area (Å²) >= 11 is 0. The third kappa shape index (κ3) is 1.50. The van der Waals surface area contributed by atoms with Crippen molar-refractivity contribution in [3.05, 3.63) is 55.1 Å². The Bertz CT molecular complexity index is 600. The summed E-state index contributed by atoms with van der Waals surface area (Å²) in [4.78, 5) is 8.53. The maximum atomic E-state index is 4.28. The van der Waals surface area contributed by atoms with Crippen LogP contribution in [0.1, 0.15) is 0 Å². The van der Waals surface area contributed by atoms with Crippen molar-refractivity contribution in [1.82, 2.24) is 14.4 Å². The number of imidazole rings is 1. The average Bonchev–Trinajstić information content (AvgIpc) is 2.80. The van der Waals surface area contributed by atoms with Crippen molar-refractivity contribution in [2.24, 2.45) is 0 Å². The van der Waals surface area contributed by atoms with Gasteiger partial charge in [-0.2, -0.15) is 0 Å². The molecule has 4 heteroatoms. The fourth-order valence-corrected chi connectivity index (χ4v) is 1.60. The number of anilines is 2. The number of aromatic nitrogens is 3. The Morgan fingerprint density at radius 3 is 2.50 bits per heavy atom. The lowest BCUT2D eigenvalue weighted by Gasteiger charge is -2.05. The summed E-state index contributed by atoms with van der Waals surface area (Å²) in [6, 6.07) is 9.93. The van der Waals surface area contributed by atoms with E-state index in [4.69, 9.17) is 0 Å². The van der Waals surface area contributed by atoms with E-state index >= 15 is 0 Å². The summed E-state index contributed by atoms with van der Waals surface area (Å²) in [5.41, 5.74) is 1.83. The van der Waals surface area contributed by atoms with Gasteiger partial charge in [-0.15, -0.1) is 0 Å². The van der Waals surface area contributed by atoms with E-state index in [2.05, 4.69) is 15.3 Å². The molecule has 0 aliphatic heterocycles. The molecule has 0 amide bonds. The Balaban J connectivity index is 2.04. The Kier molecular flexibility index (Phi) is 2.04. The van der Waals surface area contributed by atoms with Crippen molar-refractivity contribution in [2.45, 2.75) is 0 Å². The number of benzene rings is 1. The molecule has 0 radical (unpaired) electrons. The van der Waals surface area contributed by atoms with Crippen LogP contribution in [-0.4, -0.2) is 14.4 Å². The minimum absolute atomic E-state index is 0.763. The van der Waals surface area contributed by atoms with Crippen LogP contribution >= 0.6 is 0 Å². The molecule has 16 heavy (non-hydrogen) atoms. The number of rotatable bonds is 2. The summed E-state index contributed by atoms with van der Waals surface area (Å²) < 4.78 is 1.93. The first kappa shape index (κ1) is 8.91. The van der Waals surface area contributed by atoms with Crippen LogP contribution in [0, 0.1) is 0 Å². The van der Waals surface area contributed by atoms with Crippen molar-refractivity contribution in [2.75, 3.05) is 5.32 Å². The maximum Gasteiger partial charge on any atom is 0.180 e. The fraction of sp³-hybridized carbons (Fsp3) is 0. The van der Waals surface area contributed by atoms with Crippen LogP contribution in [0.5, 0.6) is 0 Å². The smallest absolute Gasteiger partial charge is 0.180 e. The van der Waals surface area contributed by atoms with Gasteiger partial charge in [0.1, 0.15) is 0 Å². The standard InChI is InChI=1S/C12H10N4/c1-2-4-10(5-3-1)15-11-12-14-7-9-16(12)8-6-13-11/h1-9H,(H,13,15). The van der Waals surface area contributed by atoms with E-state index < -0.39 is 0 Å². The lowest BCUT2D eigenvalue weighted by molar-refractivity contribution is 1.13. The van der Waals surface area contributed by atoms with E-state index in [1.807, 2.05) is 47.1 Å². The summed E-state index contributed by atoms with van der Waals surface area (Å²) in [5, 5.41) is 3.24. The summed E-state index contributed by atoms with van der Waals surface area (Å²) in [5.74, 6) is 0.763. The van der Waals surface area contributed by atoms with Crippen molar-refractivity contribution >= 4 is 17.2 Å². The molecule has 1 aromatic carbocycles. The highest BCUT2D eigenvalue weighted by atomic mass is 15.1. The van der Waals surface area contributed by atoms with Gasteiger partial charge in [-0.25, -0.2) is 9.97 Å². The van der Waals surface area contributed by atoms with Gasteiger partial charge in [0.05, 0.1) is 0 Å². The Morgan fingerprint density at radius 1 is 0.938 bits per heavy atom. The van der Waals surface area contributed by atoms with Gasteiger partial charge in [-0.3, -0.25) is 0 Å². The topological polar surface area (TPSA) is 42.2 Å². The van der Waals surface area contributed by atoms with E-state index in [-0.39, 0.29) is 0 Å². The molecular formula is C12H10N4. The molecule has 0 aliphatic carbocycles. The zero-order valence-corrected chi connectivity index (χ0v) is 8.54. The largest absolute Gasteiger partial charge is 0.337 e. The molecule has 0 aliphatic rings. The number of nitrogens with zero attached hydrogens (tertiary/aromatic N) is 3. The molecule has 2 heterocycles. The lowest BCUT2D eigenvalue weighted by atomic mass is 10.3. The van der Waals surface area contributed by atoms with Crippen LogP contribution in [0.15, 0.2) is 55.1 Å². The van der Waals surface area contributed by atoms with Gasteiger partial charge in [-0.1, -0.05) is 18.2 Å². The molecule has 0 atom stereocenters. The van der Waals surface area contributed by atoms with Gasteiger partial charge >= 0.3 is 0 Å². The Labute approximate surface area is 92.6 Å². The van der Waals surface area contributed by atoms with Crippen LogP contribution in [0.4, 0.5) is 11.5 Å². The van der Waals surface area contributed by atoms with Gasteiger partial charge < -0.3 is 9.72 Å². The first-order valence-corrected chi connectivity index (χ1v) is 5.03. The van der Waals surface area contributed by atoms with E-state index in [0.29, 0.717) is 0 Å². The van der Waals surface area contributed by atoms with Crippen LogP contribution < -0.4 is 5.32 Å². The van der Waals surface area contributed by atoms with Crippen LogP contribution in [-0.2, 0) is 0 Å². The molecule has 2 aromatic heterocycles. The van der Waals surface area contributed by atoms with Crippen LogP contribution in [0.3, 0.4) is 0 Å². The molecule has 4 nitrogen and oxygen atoms in total. The molecule has 0 bridgehead atoms. The van der Waals surface area contributed by atoms with Gasteiger partial charge in [0.15, 0.2) is 11.5 Å². The van der Waals surface area contributed by atoms with Gasteiger partial charge in [0.2, 0.25) is 0 Å². The monoisotopic (exact) mass is 210 g/mol. The SMILES string of the molecule is c1ccc(Nc2nccn3ccnc23)cc1. The summed E-state index contributed by atoms with van der Waals surface area (Å²) in [7, 11) is 0. The highest BCUT2D eigenvalue weighted by Crippen LogP contribution is 2.17. The van der Waals surface area contributed by atoms with Gasteiger partial charge in [0, 0.05) is 30.5 Å². The summed E-state index contributed by atoms with van der Waals surface area (Å²) in [6.45, 7) is 0. The van der Waals surface area contributed by atoms with Gasteiger partial charge in [-0.05, 0) is 12.1 Å². The van der Waals surface area contributed by atoms with E-state index in [0.717, 1.165) is 17.2 Å². The highest BCUT2D eigenvalue weighted by molar-refractivity contribution is 5.69. The molecule has 0 spiro atoms. The highest BCUT2D eigenvalue weighted by Gasteiger charge is 2.02. The number of para-hydroxylation sites is 1. The molecule has 3 aromatic rings. The first-order chi connectivity index (χ1) is 7.93. The predicted octanol–water partition coefficient (Wildman–Crippen LogP) is 2.47. The van der Waals surface area contributed by atoms with Crippen LogP contribution in [0.25, 0.3) is 5.65 Å². The minimum atomic E-state index is 0.763. The van der Waals surface area contributed by atoms with Crippen molar-refractivity contribution < 1.29 is 0 Å². The fourth-order valence-electron chi connectivity index (χ4n) is 1.60. The Morgan fingerprint density at radius 2 is 1.69 bits per heavy atom. The predicted molar refractivity (Wildman–Crippen MR) is 62.7 cm³/mol. The molecular weight excluding hydrogens is 200 g/mol. The second kappa shape index (κ2) is 3.66. The first-order valence-electron chi connectivity index (χ1n) is 5.03. The third-order valence-electron chi connectivity index (χ3n) is 2.35.